The molecule has 1 N–H and O–H groups in total. The van der Waals surface area contributed by atoms with E-state index in [-0.39, 0.29) is 11.5 Å². The third kappa shape index (κ3) is 5.83. The van der Waals surface area contributed by atoms with Gasteiger partial charge in [-0.05, 0) is 109 Å². The Morgan fingerprint density at radius 1 is 1.07 bits per heavy atom. The second kappa shape index (κ2) is 11.0. The summed E-state index contributed by atoms with van der Waals surface area (Å²) in [6, 6.07) is 6.75. The van der Waals surface area contributed by atoms with Crippen LogP contribution in [0.4, 0.5) is 10.6 Å². The van der Waals surface area contributed by atoms with E-state index in [1.807, 2.05) is 32.9 Å². The van der Waals surface area contributed by atoms with Gasteiger partial charge < -0.3 is 29.3 Å². The number of piperazine rings is 1. The van der Waals surface area contributed by atoms with Crippen molar-refractivity contribution in [3.63, 3.8) is 0 Å². The first kappa shape index (κ1) is 28.1. The van der Waals surface area contributed by atoms with Crippen LogP contribution in [-0.2, 0) is 29.4 Å². The van der Waals surface area contributed by atoms with E-state index in [9.17, 15) is 9.90 Å². The van der Waals surface area contributed by atoms with E-state index in [0.717, 1.165) is 63.0 Å². The van der Waals surface area contributed by atoms with E-state index in [0.29, 0.717) is 50.6 Å². The number of carbonyl (C=O) groups is 1. The molecular formula is C32H45N5O4. The van der Waals surface area contributed by atoms with Gasteiger partial charge in [-0.2, -0.15) is 9.97 Å². The summed E-state index contributed by atoms with van der Waals surface area (Å²) in [6.07, 6.45) is 8.09. The Hall–Kier alpha value is -3.07. The third-order valence-corrected chi connectivity index (χ3v) is 9.48. The highest BCUT2D eigenvalue weighted by atomic mass is 16.6. The number of hydrogen-bond donors (Lipinski definition) is 1. The molecule has 1 amide bonds. The smallest absolute Gasteiger partial charge is 0.410 e. The monoisotopic (exact) mass is 563 g/mol. The number of anilines is 1. The highest BCUT2D eigenvalue weighted by molar-refractivity contribution is 5.68. The van der Waals surface area contributed by atoms with Crippen LogP contribution in [0.3, 0.4) is 0 Å². The molecule has 2 aliphatic heterocycles. The normalized spacial score (nSPS) is 24.7. The molecule has 0 saturated carbocycles. The summed E-state index contributed by atoms with van der Waals surface area (Å²) < 4.78 is 11.9. The zero-order chi connectivity index (χ0) is 28.8. The number of rotatable bonds is 4. The van der Waals surface area contributed by atoms with Gasteiger partial charge in [0.05, 0.1) is 5.69 Å². The number of phenolic OH excluding ortho intramolecular Hbond substituents is 1. The standard InChI is InChI=1S/C32H45N5O4/c1-31(2,3)41-30(39)37-17-15-36(16-18-37)28-25-11-13-32(12-5-7-22-9-10-24(38)19-26(22)32)20-27(25)33-29(34-28)40-21-23-8-6-14-35(23)4/h9-10,19,23,38H,5-8,11-18,20-21H2,1-4H3/t23-,32?/m0/s1. The van der Waals surface area contributed by atoms with Crippen molar-refractivity contribution < 1.29 is 19.4 Å². The van der Waals surface area contributed by atoms with Crippen LogP contribution in [0.25, 0.3) is 0 Å². The van der Waals surface area contributed by atoms with Gasteiger partial charge in [-0.1, -0.05) is 6.07 Å². The molecular weight excluding hydrogens is 518 g/mol. The Morgan fingerprint density at radius 2 is 1.88 bits per heavy atom. The molecule has 41 heavy (non-hydrogen) atoms. The maximum atomic E-state index is 12.7. The van der Waals surface area contributed by atoms with Gasteiger partial charge in [-0.15, -0.1) is 0 Å². The SMILES string of the molecule is CN1CCC[C@H]1COc1nc2c(c(N3CCN(C(=O)OC(C)(C)C)CC3)n1)CCC1(CCCc3ccc(O)cc31)C2. The highest BCUT2D eigenvalue weighted by Crippen LogP contribution is 2.48. The van der Waals surface area contributed by atoms with Crippen molar-refractivity contribution in [2.45, 2.75) is 89.2 Å². The Morgan fingerprint density at radius 3 is 2.61 bits per heavy atom. The zero-order valence-corrected chi connectivity index (χ0v) is 25.1. The molecule has 9 nitrogen and oxygen atoms in total. The Bertz CT molecular complexity index is 1290. The summed E-state index contributed by atoms with van der Waals surface area (Å²) in [5, 5.41) is 10.4. The van der Waals surface area contributed by atoms with Gasteiger partial charge >= 0.3 is 12.1 Å². The zero-order valence-electron chi connectivity index (χ0n) is 25.1. The minimum absolute atomic E-state index is 0.0245. The highest BCUT2D eigenvalue weighted by Gasteiger charge is 2.42. The minimum atomic E-state index is -0.510. The van der Waals surface area contributed by atoms with Crippen molar-refractivity contribution >= 4 is 11.9 Å². The van der Waals surface area contributed by atoms with Crippen molar-refractivity contribution in [1.29, 1.82) is 0 Å². The summed E-state index contributed by atoms with van der Waals surface area (Å²) in [6.45, 7) is 9.95. The van der Waals surface area contributed by atoms with Crippen LogP contribution in [0.5, 0.6) is 11.8 Å². The number of fused-ring (bicyclic) bond motifs is 3. The summed E-state index contributed by atoms with van der Waals surface area (Å²) >= 11 is 0. The van der Waals surface area contributed by atoms with Crippen LogP contribution in [-0.4, -0.2) is 89.0 Å². The quantitative estimate of drug-likeness (QED) is 0.583. The lowest BCUT2D eigenvalue weighted by Gasteiger charge is -2.43. The fraction of sp³-hybridized carbons (Fsp3) is 0.656. The Balaban J connectivity index is 1.28. The van der Waals surface area contributed by atoms with E-state index in [1.165, 1.54) is 23.1 Å². The van der Waals surface area contributed by atoms with E-state index < -0.39 is 5.60 Å². The molecule has 0 radical (unpaired) electrons. The average molecular weight is 564 g/mol. The van der Waals surface area contributed by atoms with Crippen LogP contribution in [0.15, 0.2) is 18.2 Å². The van der Waals surface area contributed by atoms with Crippen LogP contribution in [0.2, 0.25) is 0 Å². The predicted octanol–water partition coefficient (Wildman–Crippen LogP) is 4.48. The van der Waals surface area contributed by atoms with E-state index >= 15 is 0 Å². The maximum absolute atomic E-state index is 12.7. The fourth-order valence-electron chi connectivity index (χ4n) is 7.26. The third-order valence-electron chi connectivity index (χ3n) is 9.48. The largest absolute Gasteiger partial charge is 0.508 e. The van der Waals surface area contributed by atoms with Gasteiger partial charge in [-0.3, -0.25) is 0 Å². The van der Waals surface area contributed by atoms with Crippen LogP contribution in [0.1, 0.15) is 75.3 Å². The molecule has 2 saturated heterocycles. The van der Waals surface area contributed by atoms with Crippen molar-refractivity contribution in [3.05, 3.63) is 40.6 Å². The van der Waals surface area contributed by atoms with Crippen molar-refractivity contribution in [1.82, 2.24) is 19.8 Å². The number of ether oxygens (including phenoxy) is 2. The first-order chi connectivity index (χ1) is 19.6. The number of carbonyl (C=O) groups excluding carboxylic acids is 1. The molecule has 4 aliphatic rings. The number of aryl methyl sites for hydroxylation is 1. The maximum Gasteiger partial charge on any atom is 0.410 e. The van der Waals surface area contributed by atoms with Crippen molar-refractivity contribution in [3.8, 4) is 11.8 Å². The number of nitrogens with zero attached hydrogens (tertiary/aromatic N) is 5. The summed E-state index contributed by atoms with van der Waals surface area (Å²) in [5.74, 6) is 1.29. The van der Waals surface area contributed by atoms with Gasteiger partial charge in [0.15, 0.2) is 0 Å². The summed E-state index contributed by atoms with van der Waals surface area (Å²) in [7, 11) is 2.16. The van der Waals surface area contributed by atoms with E-state index in [2.05, 4.69) is 22.9 Å². The first-order valence-electron chi connectivity index (χ1n) is 15.4. The van der Waals surface area contributed by atoms with Gasteiger partial charge in [0.1, 0.15) is 23.8 Å². The van der Waals surface area contributed by atoms with E-state index in [1.54, 1.807) is 4.90 Å². The molecule has 2 atom stereocenters. The second-order valence-electron chi connectivity index (χ2n) is 13.4. The molecule has 1 aromatic carbocycles. The molecule has 1 spiro atoms. The molecule has 222 valence electrons. The Labute approximate surface area is 243 Å². The summed E-state index contributed by atoms with van der Waals surface area (Å²) in [5.41, 5.74) is 4.38. The summed E-state index contributed by atoms with van der Waals surface area (Å²) in [4.78, 5) is 29.2. The lowest BCUT2D eigenvalue weighted by molar-refractivity contribution is 0.0240. The second-order valence-corrected chi connectivity index (χ2v) is 13.4. The molecule has 2 fully saturated rings. The van der Waals surface area contributed by atoms with Crippen molar-refractivity contribution in [2.24, 2.45) is 0 Å². The fourth-order valence-corrected chi connectivity index (χ4v) is 7.26. The molecule has 9 heteroatoms. The van der Waals surface area contributed by atoms with Crippen LogP contribution in [0, 0.1) is 0 Å². The predicted molar refractivity (Wildman–Crippen MR) is 158 cm³/mol. The number of aromatic nitrogens is 2. The number of benzene rings is 1. The topological polar surface area (TPSA) is 91.3 Å². The van der Waals surface area contributed by atoms with Crippen molar-refractivity contribution in [2.75, 3.05) is 51.3 Å². The van der Waals surface area contributed by atoms with Gasteiger partial charge in [0, 0.05) is 43.2 Å². The van der Waals surface area contributed by atoms with Crippen LogP contribution >= 0.6 is 0 Å². The number of aromatic hydroxyl groups is 1. The molecule has 3 heterocycles. The molecule has 2 aliphatic carbocycles. The molecule has 0 bridgehead atoms. The molecule has 2 aromatic rings. The number of phenols is 1. The minimum Gasteiger partial charge on any atom is -0.508 e. The van der Waals surface area contributed by atoms with Crippen LogP contribution < -0.4 is 9.64 Å². The van der Waals surface area contributed by atoms with Gasteiger partial charge in [0.25, 0.3) is 0 Å². The number of likely N-dealkylation sites (N-methyl/N-ethyl adjacent to an activating group) is 1. The average Bonchev–Trinajstić information content (AvgIpc) is 3.35. The van der Waals surface area contributed by atoms with E-state index in [4.69, 9.17) is 19.4 Å². The van der Waals surface area contributed by atoms with Gasteiger partial charge in [-0.25, -0.2) is 4.79 Å². The lowest BCUT2D eigenvalue weighted by atomic mass is 9.62. The number of hydrogen-bond acceptors (Lipinski definition) is 8. The Kier molecular flexibility index (Phi) is 7.51. The first-order valence-corrected chi connectivity index (χ1v) is 15.4. The number of amides is 1. The lowest BCUT2D eigenvalue weighted by Crippen LogP contribution is -2.50. The molecule has 1 aromatic heterocycles. The van der Waals surface area contributed by atoms with Gasteiger partial charge in [0.2, 0.25) is 0 Å². The number of likely N-dealkylation sites (tertiary alicyclic amines) is 1. The molecule has 1 unspecified atom stereocenters. The molecule has 6 rings (SSSR count).